The average Bonchev–Trinajstić information content (AvgIpc) is 2.65. The third kappa shape index (κ3) is 3.64. The van der Waals surface area contributed by atoms with Crippen LogP contribution in [0.1, 0.15) is 22.3 Å². The average molecular weight is 375 g/mol. The second-order valence-corrected chi connectivity index (χ2v) is 6.37. The van der Waals surface area contributed by atoms with Gasteiger partial charge in [0.1, 0.15) is 0 Å². The lowest BCUT2D eigenvalue weighted by molar-refractivity contribution is -0.141. The monoisotopic (exact) mass is 374 g/mol. The van der Waals surface area contributed by atoms with Gasteiger partial charge in [0.25, 0.3) is 0 Å². The van der Waals surface area contributed by atoms with Crippen LogP contribution in [0.4, 0.5) is 0 Å². The lowest BCUT2D eigenvalue weighted by Gasteiger charge is -2.35. The largest absolute Gasteiger partial charge is 0.425 e. The van der Waals surface area contributed by atoms with E-state index in [4.69, 9.17) is 32.7 Å². The van der Waals surface area contributed by atoms with Crippen LogP contribution in [0.25, 0.3) is 5.57 Å². The smallest absolute Gasteiger partial charge is 0.340 e. The van der Waals surface area contributed by atoms with Crippen molar-refractivity contribution in [2.45, 2.75) is 12.2 Å². The van der Waals surface area contributed by atoms with E-state index in [-0.39, 0.29) is 0 Å². The van der Waals surface area contributed by atoms with Crippen LogP contribution in [0, 0.1) is 0 Å². The lowest BCUT2D eigenvalue weighted by atomic mass is 9.91. The number of ether oxygens (including phenoxy) is 2. The summed E-state index contributed by atoms with van der Waals surface area (Å²) >= 11 is 11.9. The third-order valence-electron chi connectivity index (χ3n) is 4.02. The molecule has 0 saturated heterocycles. The van der Waals surface area contributed by atoms with Crippen LogP contribution in [0.15, 0.2) is 66.8 Å². The van der Waals surface area contributed by atoms with E-state index in [0.29, 0.717) is 22.0 Å². The summed E-state index contributed by atoms with van der Waals surface area (Å²) in [6.45, 7) is 0. The molecule has 0 saturated carbocycles. The van der Waals surface area contributed by atoms with Crippen LogP contribution in [0.3, 0.4) is 0 Å². The van der Waals surface area contributed by atoms with Crippen molar-refractivity contribution < 1.29 is 14.3 Å². The Morgan fingerprint density at radius 3 is 2.52 bits per heavy atom. The summed E-state index contributed by atoms with van der Waals surface area (Å²) in [4.78, 5) is 12.7. The van der Waals surface area contributed by atoms with E-state index < -0.39 is 11.8 Å². The van der Waals surface area contributed by atoms with Crippen molar-refractivity contribution in [1.82, 2.24) is 0 Å². The van der Waals surface area contributed by atoms with Gasteiger partial charge in [-0.05, 0) is 23.8 Å². The van der Waals surface area contributed by atoms with Gasteiger partial charge in [-0.15, -0.1) is 0 Å². The van der Waals surface area contributed by atoms with Gasteiger partial charge in [0, 0.05) is 19.1 Å². The summed E-state index contributed by atoms with van der Waals surface area (Å²) in [6.07, 6.45) is 6.13. The maximum atomic E-state index is 12.7. The molecule has 0 fully saturated rings. The molecule has 0 aromatic heterocycles. The summed E-state index contributed by atoms with van der Waals surface area (Å²) in [5, 5.41) is 0.676. The number of benzene rings is 2. The molecule has 1 aliphatic rings. The summed E-state index contributed by atoms with van der Waals surface area (Å²) in [7, 11) is 1.53. The van der Waals surface area contributed by atoms with Crippen LogP contribution in [-0.2, 0) is 9.47 Å². The first-order chi connectivity index (χ1) is 12.1. The number of hydrogen-bond donors (Lipinski definition) is 0. The molecule has 5 heteroatoms. The second-order valence-electron chi connectivity index (χ2n) is 5.55. The fourth-order valence-corrected chi connectivity index (χ4v) is 3.02. The molecule has 0 N–H and O–H groups in total. The molecule has 1 aliphatic carbocycles. The number of halogens is 2. The Hall–Kier alpha value is -2.07. The minimum absolute atomic E-state index is 0.296. The quantitative estimate of drug-likeness (QED) is 0.520. The van der Waals surface area contributed by atoms with Crippen LogP contribution < -0.4 is 0 Å². The molecule has 2 aromatic rings. The summed E-state index contributed by atoms with van der Waals surface area (Å²) in [5.41, 5.74) is 2.02. The van der Waals surface area contributed by atoms with Crippen molar-refractivity contribution in [3.05, 3.63) is 87.9 Å². The van der Waals surface area contributed by atoms with Crippen molar-refractivity contribution in [2.75, 3.05) is 7.11 Å². The van der Waals surface area contributed by atoms with Crippen LogP contribution >= 0.6 is 23.2 Å². The van der Waals surface area contributed by atoms with Crippen molar-refractivity contribution in [1.29, 1.82) is 0 Å². The molecular weight excluding hydrogens is 359 g/mol. The van der Waals surface area contributed by atoms with Crippen molar-refractivity contribution in [3.63, 3.8) is 0 Å². The third-order valence-corrected chi connectivity index (χ3v) is 4.76. The Morgan fingerprint density at radius 1 is 1.08 bits per heavy atom. The number of carbonyl (C=O) groups excluding carboxylic acids is 1. The van der Waals surface area contributed by atoms with E-state index in [1.807, 2.05) is 48.6 Å². The van der Waals surface area contributed by atoms with Crippen LogP contribution in [0.2, 0.25) is 10.0 Å². The molecule has 3 rings (SSSR count). The topological polar surface area (TPSA) is 35.5 Å². The van der Waals surface area contributed by atoms with E-state index in [1.165, 1.54) is 13.2 Å². The van der Waals surface area contributed by atoms with Gasteiger partial charge >= 0.3 is 5.97 Å². The molecule has 0 amide bonds. The normalized spacial score (nSPS) is 19.4. The number of hydrogen-bond acceptors (Lipinski definition) is 3. The Labute approximate surface area is 156 Å². The van der Waals surface area contributed by atoms with Gasteiger partial charge in [0.15, 0.2) is 0 Å². The molecule has 0 aliphatic heterocycles. The van der Waals surface area contributed by atoms with Crippen LogP contribution in [-0.4, -0.2) is 18.9 Å². The highest BCUT2D eigenvalue weighted by Gasteiger charge is 2.40. The Kier molecular flexibility index (Phi) is 5.28. The zero-order valence-corrected chi connectivity index (χ0v) is 15.1. The molecule has 3 nitrogen and oxygen atoms in total. The molecule has 128 valence electrons. The zero-order valence-electron chi connectivity index (χ0n) is 13.5. The number of rotatable bonds is 4. The van der Waals surface area contributed by atoms with E-state index >= 15 is 0 Å². The Morgan fingerprint density at radius 2 is 1.84 bits per heavy atom. The highest BCUT2D eigenvalue weighted by atomic mass is 35.5. The highest BCUT2D eigenvalue weighted by molar-refractivity contribution is 6.42. The molecule has 0 bridgehead atoms. The van der Waals surface area contributed by atoms with Crippen molar-refractivity contribution in [2.24, 2.45) is 0 Å². The minimum atomic E-state index is -1.20. The van der Waals surface area contributed by atoms with Gasteiger partial charge < -0.3 is 9.47 Å². The number of methoxy groups -OCH3 is 1. The van der Waals surface area contributed by atoms with Crippen molar-refractivity contribution in [3.8, 4) is 0 Å². The van der Waals surface area contributed by atoms with Gasteiger partial charge in [0.2, 0.25) is 5.79 Å². The molecular formula is C20H16Cl2O3. The molecule has 1 atom stereocenters. The Bertz CT molecular complexity index is 843. The van der Waals surface area contributed by atoms with Gasteiger partial charge in [-0.2, -0.15) is 0 Å². The maximum Gasteiger partial charge on any atom is 0.340 e. The van der Waals surface area contributed by atoms with Crippen LogP contribution in [0.5, 0.6) is 0 Å². The summed E-state index contributed by atoms with van der Waals surface area (Å²) in [5.74, 6) is -1.73. The first-order valence-corrected chi connectivity index (χ1v) is 8.47. The molecule has 0 radical (unpaired) electrons. The van der Waals surface area contributed by atoms with Gasteiger partial charge in [-0.25, -0.2) is 4.79 Å². The van der Waals surface area contributed by atoms with E-state index in [1.54, 1.807) is 12.1 Å². The summed E-state index contributed by atoms with van der Waals surface area (Å²) in [6, 6.07) is 14.3. The molecule has 25 heavy (non-hydrogen) atoms. The standard InChI is InChI=1S/C20H16Cl2O3/c1-24-20(25-19(23)15-10-11-17(21)18(22)13-15)12-6-5-9-16(20)14-7-3-2-4-8-14/h2-11,13H,12H2,1H3. The van der Waals surface area contributed by atoms with E-state index in [2.05, 4.69) is 0 Å². The highest BCUT2D eigenvalue weighted by Crippen LogP contribution is 2.38. The first kappa shape index (κ1) is 17.7. The SMILES string of the molecule is COC1(OC(=O)c2ccc(Cl)c(Cl)c2)CC=CC=C1c1ccccc1. The Balaban J connectivity index is 1.94. The van der Waals surface area contributed by atoms with Gasteiger partial charge in [-0.1, -0.05) is 71.8 Å². The molecule has 1 unspecified atom stereocenters. The van der Waals surface area contributed by atoms with E-state index in [0.717, 1.165) is 11.1 Å². The van der Waals surface area contributed by atoms with Crippen molar-refractivity contribution >= 4 is 34.7 Å². The fourth-order valence-electron chi connectivity index (χ4n) is 2.72. The lowest BCUT2D eigenvalue weighted by Crippen LogP contribution is -2.39. The van der Waals surface area contributed by atoms with Gasteiger partial charge in [0.05, 0.1) is 15.6 Å². The fraction of sp³-hybridized carbons (Fsp3) is 0.150. The molecule has 2 aromatic carbocycles. The predicted octanol–water partition coefficient (Wildman–Crippen LogP) is 5.54. The predicted molar refractivity (Wildman–Crippen MR) is 99.8 cm³/mol. The number of esters is 1. The minimum Gasteiger partial charge on any atom is -0.425 e. The molecule has 0 heterocycles. The zero-order chi connectivity index (χ0) is 17.9. The number of allylic oxidation sites excluding steroid dienone is 2. The van der Waals surface area contributed by atoms with Gasteiger partial charge in [-0.3, -0.25) is 0 Å². The van der Waals surface area contributed by atoms with E-state index in [9.17, 15) is 4.79 Å². The molecule has 0 spiro atoms. The second kappa shape index (κ2) is 7.44. The maximum absolute atomic E-state index is 12.7. The summed E-state index contributed by atoms with van der Waals surface area (Å²) < 4.78 is 11.5. The number of carbonyl (C=O) groups is 1. The first-order valence-electron chi connectivity index (χ1n) is 7.72.